The van der Waals surface area contributed by atoms with Crippen LogP contribution < -0.4 is 5.32 Å². The zero-order valence-corrected chi connectivity index (χ0v) is 11.4. The number of benzene rings is 1. The summed E-state index contributed by atoms with van der Waals surface area (Å²) >= 11 is 0. The lowest BCUT2D eigenvalue weighted by Crippen LogP contribution is -2.20. The van der Waals surface area contributed by atoms with Gasteiger partial charge in [0, 0.05) is 6.54 Å². The van der Waals surface area contributed by atoms with Gasteiger partial charge < -0.3 is 9.84 Å². The number of nitrogens with one attached hydrogen (secondary N) is 1. The maximum absolute atomic E-state index is 13.0. The third-order valence-electron chi connectivity index (χ3n) is 3.08. The molecule has 0 atom stereocenters. The van der Waals surface area contributed by atoms with E-state index in [1.165, 1.54) is 12.1 Å². The standard InChI is InChI=1S/C14H18FN3O/c1-4-9-16-13-17-12(18-19-13)14(2,3)10-5-7-11(15)8-6-10/h5-8H,4,9H2,1-3H3,(H,16,17,18). The summed E-state index contributed by atoms with van der Waals surface area (Å²) in [6.45, 7) is 6.81. The molecule has 1 N–H and O–H groups in total. The van der Waals surface area contributed by atoms with Gasteiger partial charge in [-0.25, -0.2) is 4.39 Å². The maximum Gasteiger partial charge on any atom is 0.321 e. The molecule has 0 spiro atoms. The lowest BCUT2D eigenvalue weighted by molar-refractivity contribution is 0.408. The van der Waals surface area contributed by atoms with Crippen molar-refractivity contribution in [2.24, 2.45) is 0 Å². The molecule has 19 heavy (non-hydrogen) atoms. The summed E-state index contributed by atoms with van der Waals surface area (Å²) < 4.78 is 18.1. The van der Waals surface area contributed by atoms with Gasteiger partial charge in [-0.2, -0.15) is 4.98 Å². The Hall–Kier alpha value is -1.91. The molecule has 2 rings (SSSR count). The fourth-order valence-corrected chi connectivity index (χ4v) is 1.78. The highest BCUT2D eigenvalue weighted by atomic mass is 19.1. The van der Waals surface area contributed by atoms with E-state index in [1.807, 2.05) is 13.8 Å². The molecule has 0 bridgehead atoms. The smallest absolute Gasteiger partial charge is 0.321 e. The van der Waals surface area contributed by atoms with Crippen LogP contribution in [0.5, 0.6) is 0 Å². The van der Waals surface area contributed by atoms with Crippen LogP contribution in [0.25, 0.3) is 0 Å². The van der Waals surface area contributed by atoms with E-state index in [2.05, 4.69) is 22.4 Å². The molecule has 1 heterocycles. The molecule has 0 aliphatic heterocycles. The van der Waals surface area contributed by atoms with E-state index < -0.39 is 5.41 Å². The maximum atomic E-state index is 13.0. The lowest BCUT2D eigenvalue weighted by atomic mass is 9.84. The zero-order valence-electron chi connectivity index (χ0n) is 11.4. The Morgan fingerprint density at radius 3 is 2.58 bits per heavy atom. The molecule has 5 heteroatoms. The van der Waals surface area contributed by atoms with Crippen LogP contribution >= 0.6 is 0 Å². The summed E-state index contributed by atoms with van der Waals surface area (Å²) in [6, 6.07) is 6.78. The van der Waals surface area contributed by atoms with Crippen molar-refractivity contribution in [1.82, 2.24) is 10.1 Å². The second-order valence-corrected chi connectivity index (χ2v) is 4.98. The number of halogens is 1. The van der Waals surface area contributed by atoms with E-state index in [1.54, 1.807) is 12.1 Å². The van der Waals surface area contributed by atoms with Gasteiger partial charge in [0.25, 0.3) is 0 Å². The molecule has 0 aliphatic rings. The Kier molecular flexibility index (Phi) is 3.83. The van der Waals surface area contributed by atoms with Crippen LogP contribution in [0, 0.1) is 5.82 Å². The molecule has 4 nitrogen and oxygen atoms in total. The van der Waals surface area contributed by atoms with Crippen molar-refractivity contribution in [3.8, 4) is 0 Å². The Morgan fingerprint density at radius 1 is 1.26 bits per heavy atom. The molecule has 102 valence electrons. The molecule has 2 aromatic rings. The van der Waals surface area contributed by atoms with E-state index in [0.29, 0.717) is 11.8 Å². The highest BCUT2D eigenvalue weighted by Crippen LogP contribution is 2.29. The molecule has 0 fully saturated rings. The third-order valence-corrected chi connectivity index (χ3v) is 3.08. The summed E-state index contributed by atoms with van der Waals surface area (Å²) in [4.78, 5) is 4.34. The number of nitrogens with zero attached hydrogens (tertiary/aromatic N) is 2. The van der Waals surface area contributed by atoms with Gasteiger partial charge in [0.15, 0.2) is 5.82 Å². The van der Waals surface area contributed by atoms with Gasteiger partial charge in [-0.05, 0) is 38.0 Å². The minimum absolute atomic E-state index is 0.252. The topological polar surface area (TPSA) is 51.0 Å². The van der Waals surface area contributed by atoms with E-state index in [9.17, 15) is 4.39 Å². The fraction of sp³-hybridized carbons (Fsp3) is 0.429. The molecule has 0 saturated carbocycles. The van der Waals surface area contributed by atoms with Crippen LogP contribution in [0.2, 0.25) is 0 Å². The Bertz CT molecular complexity index is 534. The molecular weight excluding hydrogens is 245 g/mol. The summed E-state index contributed by atoms with van der Waals surface area (Å²) in [5.41, 5.74) is 0.514. The number of rotatable bonds is 5. The monoisotopic (exact) mass is 263 g/mol. The summed E-state index contributed by atoms with van der Waals surface area (Å²) in [7, 11) is 0. The van der Waals surface area contributed by atoms with Crippen molar-refractivity contribution in [2.45, 2.75) is 32.6 Å². The molecule has 0 radical (unpaired) electrons. The molecule has 0 saturated heterocycles. The molecule has 1 aromatic heterocycles. The van der Waals surface area contributed by atoms with Crippen molar-refractivity contribution in [2.75, 3.05) is 11.9 Å². The number of hydrogen-bond donors (Lipinski definition) is 1. The summed E-state index contributed by atoms with van der Waals surface area (Å²) in [5.74, 6) is 0.329. The van der Waals surface area contributed by atoms with Gasteiger partial charge in [0.1, 0.15) is 5.82 Å². The first-order chi connectivity index (χ1) is 9.04. The normalized spacial score (nSPS) is 11.6. The molecular formula is C14H18FN3O. The van der Waals surface area contributed by atoms with Gasteiger partial charge in [0.2, 0.25) is 0 Å². The molecule has 0 unspecified atom stereocenters. The zero-order chi connectivity index (χ0) is 13.9. The van der Waals surface area contributed by atoms with Gasteiger partial charge in [-0.3, -0.25) is 0 Å². The highest BCUT2D eigenvalue weighted by molar-refractivity contribution is 5.32. The third kappa shape index (κ3) is 2.92. The van der Waals surface area contributed by atoms with Crippen molar-refractivity contribution >= 4 is 6.01 Å². The first-order valence-corrected chi connectivity index (χ1v) is 6.38. The van der Waals surface area contributed by atoms with Crippen LogP contribution in [-0.4, -0.2) is 16.7 Å². The minimum atomic E-state index is -0.427. The van der Waals surface area contributed by atoms with Crippen molar-refractivity contribution < 1.29 is 8.91 Å². The highest BCUT2D eigenvalue weighted by Gasteiger charge is 2.28. The van der Waals surface area contributed by atoms with Crippen molar-refractivity contribution in [3.05, 3.63) is 41.5 Å². The Labute approximate surface area is 112 Å². The van der Waals surface area contributed by atoms with E-state index in [0.717, 1.165) is 18.5 Å². The predicted octanol–water partition coefficient (Wildman–Crippen LogP) is 3.36. The van der Waals surface area contributed by atoms with Crippen LogP contribution in [0.4, 0.5) is 10.4 Å². The fourth-order valence-electron chi connectivity index (χ4n) is 1.78. The first kappa shape index (κ1) is 13.5. The van der Waals surface area contributed by atoms with Gasteiger partial charge in [0.05, 0.1) is 5.41 Å². The average molecular weight is 263 g/mol. The van der Waals surface area contributed by atoms with Crippen molar-refractivity contribution in [3.63, 3.8) is 0 Å². The number of anilines is 1. The van der Waals surface area contributed by atoms with Gasteiger partial charge in [-0.1, -0.05) is 24.2 Å². The predicted molar refractivity (Wildman–Crippen MR) is 71.6 cm³/mol. The summed E-state index contributed by atoms with van der Waals surface area (Å²) in [6.07, 6.45) is 0.985. The van der Waals surface area contributed by atoms with Crippen molar-refractivity contribution in [1.29, 1.82) is 0 Å². The molecule has 0 aliphatic carbocycles. The molecule has 1 aromatic carbocycles. The van der Waals surface area contributed by atoms with Crippen LogP contribution in [-0.2, 0) is 5.41 Å². The Balaban J connectivity index is 2.23. The van der Waals surface area contributed by atoms with Crippen LogP contribution in [0.3, 0.4) is 0 Å². The quantitative estimate of drug-likeness (QED) is 0.898. The number of aromatic nitrogens is 2. The minimum Gasteiger partial charge on any atom is -0.338 e. The average Bonchev–Trinajstić information content (AvgIpc) is 2.86. The van der Waals surface area contributed by atoms with Gasteiger partial charge >= 0.3 is 6.01 Å². The lowest BCUT2D eigenvalue weighted by Gasteiger charge is -2.20. The van der Waals surface area contributed by atoms with Gasteiger partial charge in [-0.15, -0.1) is 0 Å². The van der Waals surface area contributed by atoms with E-state index in [-0.39, 0.29) is 5.82 Å². The van der Waals surface area contributed by atoms with Crippen LogP contribution in [0.1, 0.15) is 38.6 Å². The molecule has 0 amide bonds. The van der Waals surface area contributed by atoms with E-state index in [4.69, 9.17) is 4.52 Å². The Morgan fingerprint density at radius 2 is 1.95 bits per heavy atom. The largest absolute Gasteiger partial charge is 0.338 e. The second-order valence-electron chi connectivity index (χ2n) is 4.98. The summed E-state index contributed by atoms with van der Waals surface area (Å²) in [5, 5.41) is 7.04. The number of hydrogen-bond acceptors (Lipinski definition) is 4. The SMILES string of the molecule is CCCNc1nc(C(C)(C)c2ccc(F)cc2)no1. The second kappa shape index (κ2) is 5.38. The van der Waals surface area contributed by atoms with E-state index >= 15 is 0 Å². The first-order valence-electron chi connectivity index (χ1n) is 6.38. The van der Waals surface area contributed by atoms with Crippen LogP contribution in [0.15, 0.2) is 28.8 Å².